The minimum absolute atomic E-state index is 0.101. The zero-order valence-electron chi connectivity index (χ0n) is 14.6. The maximum atomic E-state index is 12.8. The molecular weight excluding hydrogens is 318 g/mol. The Hall–Kier alpha value is -2.27. The minimum atomic E-state index is -0.101. The van der Waals surface area contributed by atoms with Crippen LogP contribution in [0.1, 0.15) is 51.4 Å². The smallest absolute Gasteiger partial charge is 0.267 e. The second-order valence-corrected chi connectivity index (χ2v) is 7.46. The number of amides is 1. The highest BCUT2D eigenvalue weighted by atomic mass is 32.1. The first-order chi connectivity index (χ1) is 11.4. The molecule has 0 aliphatic heterocycles. The lowest BCUT2D eigenvalue weighted by Gasteiger charge is -2.18. The summed E-state index contributed by atoms with van der Waals surface area (Å²) in [5.74, 6) is 0.164. The lowest BCUT2D eigenvalue weighted by molar-refractivity contribution is 0.103. The summed E-state index contributed by atoms with van der Waals surface area (Å²) in [6.45, 7) is 10.0. The number of pyridine rings is 1. The molecule has 0 aliphatic carbocycles. The number of hydrogen-bond donors (Lipinski definition) is 1. The summed E-state index contributed by atoms with van der Waals surface area (Å²) in [6.07, 6.45) is 0. The van der Waals surface area contributed by atoms with Gasteiger partial charge in [-0.2, -0.15) is 0 Å². The van der Waals surface area contributed by atoms with Crippen molar-refractivity contribution in [2.24, 2.45) is 0 Å². The summed E-state index contributed by atoms with van der Waals surface area (Å²) in [4.78, 5) is 22.5. The van der Waals surface area contributed by atoms with E-state index in [1.54, 1.807) is 0 Å². The molecule has 0 atom stereocenters. The zero-order chi connectivity index (χ0) is 17.4. The number of aromatic nitrogens is 2. The number of fused-ring (bicyclic) bond motifs is 1. The summed E-state index contributed by atoms with van der Waals surface area (Å²) in [5, 5.41) is 5.01. The number of nitrogens with one attached hydrogen (secondary N) is 1. The third-order valence-electron chi connectivity index (χ3n) is 4.05. The van der Waals surface area contributed by atoms with Crippen LogP contribution in [0, 0.1) is 20.8 Å². The molecule has 5 heteroatoms. The van der Waals surface area contributed by atoms with Gasteiger partial charge in [-0.1, -0.05) is 32.0 Å². The van der Waals surface area contributed by atoms with Crippen molar-refractivity contribution >= 4 is 33.8 Å². The number of carbonyl (C=O) groups is 1. The topological polar surface area (TPSA) is 54.9 Å². The zero-order valence-corrected chi connectivity index (χ0v) is 15.4. The molecule has 124 valence electrons. The minimum Gasteiger partial charge on any atom is -0.320 e. The molecular formula is C19H21N3OS. The van der Waals surface area contributed by atoms with Crippen molar-refractivity contribution in [1.82, 2.24) is 9.97 Å². The van der Waals surface area contributed by atoms with E-state index >= 15 is 0 Å². The van der Waals surface area contributed by atoms with Gasteiger partial charge in [0, 0.05) is 16.6 Å². The predicted molar refractivity (Wildman–Crippen MR) is 100 cm³/mol. The normalized spacial score (nSPS) is 11.2. The third kappa shape index (κ3) is 2.91. The van der Waals surface area contributed by atoms with E-state index < -0.39 is 0 Å². The SMILES string of the molecule is Cc1nc(C)c(C(=O)Nc2c(C(C)C)c(C)nc3ccccc23)s1. The van der Waals surface area contributed by atoms with Crippen molar-refractivity contribution in [3.8, 4) is 0 Å². The molecule has 1 N–H and O–H groups in total. The molecule has 0 bridgehead atoms. The van der Waals surface area contributed by atoms with Crippen molar-refractivity contribution in [3.05, 3.63) is 51.1 Å². The lowest BCUT2D eigenvalue weighted by Crippen LogP contribution is -2.15. The second kappa shape index (κ2) is 6.32. The first kappa shape index (κ1) is 16.6. The maximum absolute atomic E-state index is 12.8. The number of nitrogens with zero attached hydrogens (tertiary/aromatic N) is 2. The van der Waals surface area contributed by atoms with E-state index in [0.29, 0.717) is 4.88 Å². The predicted octanol–water partition coefficient (Wildman–Crippen LogP) is 4.99. The number of anilines is 1. The highest BCUT2D eigenvalue weighted by molar-refractivity contribution is 7.13. The van der Waals surface area contributed by atoms with Gasteiger partial charge in [-0.15, -0.1) is 11.3 Å². The van der Waals surface area contributed by atoms with Gasteiger partial charge in [-0.05, 0) is 32.8 Å². The first-order valence-corrected chi connectivity index (χ1v) is 8.84. The molecule has 3 aromatic rings. The van der Waals surface area contributed by atoms with Crippen LogP contribution in [-0.2, 0) is 0 Å². The van der Waals surface area contributed by atoms with E-state index in [1.807, 2.05) is 45.0 Å². The Kier molecular flexibility index (Phi) is 4.37. The number of para-hydroxylation sites is 1. The fourth-order valence-electron chi connectivity index (χ4n) is 3.10. The molecule has 0 aliphatic rings. The molecule has 0 unspecified atom stereocenters. The van der Waals surface area contributed by atoms with Crippen LogP contribution in [-0.4, -0.2) is 15.9 Å². The van der Waals surface area contributed by atoms with Crippen molar-refractivity contribution in [3.63, 3.8) is 0 Å². The van der Waals surface area contributed by atoms with Gasteiger partial charge in [-0.25, -0.2) is 4.98 Å². The van der Waals surface area contributed by atoms with Crippen molar-refractivity contribution in [2.75, 3.05) is 5.32 Å². The van der Waals surface area contributed by atoms with Gasteiger partial charge < -0.3 is 5.32 Å². The van der Waals surface area contributed by atoms with Crippen LogP contribution >= 0.6 is 11.3 Å². The van der Waals surface area contributed by atoms with Crippen LogP contribution in [0.5, 0.6) is 0 Å². The molecule has 4 nitrogen and oxygen atoms in total. The van der Waals surface area contributed by atoms with E-state index in [-0.39, 0.29) is 11.8 Å². The molecule has 0 saturated heterocycles. The van der Waals surface area contributed by atoms with E-state index in [2.05, 4.69) is 24.1 Å². The largest absolute Gasteiger partial charge is 0.320 e. The van der Waals surface area contributed by atoms with E-state index in [1.165, 1.54) is 11.3 Å². The molecule has 0 radical (unpaired) electrons. The lowest BCUT2D eigenvalue weighted by atomic mass is 9.96. The van der Waals surface area contributed by atoms with Gasteiger partial charge in [0.2, 0.25) is 0 Å². The van der Waals surface area contributed by atoms with Gasteiger partial charge in [0.25, 0.3) is 5.91 Å². The molecule has 1 amide bonds. The maximum Gasteiger partial charge on any atom is 0.267 e. The molecule has 1 aromatic carbocycles. The number of benzene rings is 1. The summed E-state index contributed by atoms with van der Waals surface area (Å²) < 4.78 is 0. The van der Waals surface area contributed by atoms with Gasteiger partial charge in [0.1, 0.15) is 4.88 Å². The number of carbonyl (C=O) groups excluding carboxylic acids is 1. The molecule has 24 heavy (non-hydrogen) atoms. The Morgan fingerprint density at radius 2 is 1.79 bits per heavy atom. The number of aryl methyl sites for hydroxylation is 3. The molecule has 2 aromatic heterocycles. The van der Waals surface area contributed by atoms with Crippen molar-refractivity contribution in [2.45, 2.75) is 40.5 Å². The van der Waals surface area contributed by atoms with Crippen molar-refractivity contribution in [1.29, 1.82) is 0 Å². The quantitative estimate of drug-likeness (QED) is 0.731. The Morgan fingerprint density at radius 1 is 1.08 bits per heavy atom. The van der Waals surface area contributed by atoms with Gasteiger partial charge in [-0.3, -0.25) is 9.78 Å². The second-order valence-electron chi connectivity index (χ2n) is 6.26. The van der Waals surface area contributed by atoms with Gasteiger partial charge >= 0.3 is 0 Å². The number of hydrogen-bond acceptors (Lipinski definition) is 4. The fraction of sp³-hybridized carbons (Fsp3) is 0.316. The number of rotatable bonds is 3. The van der Waals surface area contributed by atoms with E-state index in [9.17, 15) is 4.79 Å². The van der Waals surface area contributed by atoms with E-state index in [0.717, 1.165) is 38.5 Å². The Bertz CT molecular complexity index is 928. The van der Waals surface area contributed by atoms with Crippen LogP contribution in [0.3, 0.4) is 0 Å². The first-order valence-electron chi connectivity index (χ1n) is 8.03. The van der Waals surface area contributed by atoms with Crippen molar-refractivity contribution < 1.29 is 4.79 Å². The average molecular weight is 339 g/mol. The van der Waals surface area contributed by atoms with Crippen LogP contribution < -0.4 is 5.32 Å². The molecule has 0 fully saturated rings. The van der Waals surface area contributed by atoms with Crippen LogP contribution in [0.15, 0.2) is 24.3 Å². The molecule has 3 rings (SSSR count). The fourth-order valence-corrected chi connectivity index (χ4v) is 3.92. The Morgan fingerprint density at radius 3 is 2.42 bits per heavy atom. The molecule has 2 heterocycles. The Labute approximate surface area is 146 Å². The van der Waals surface area contributed by atoms with E-state index in [4.69, 9.17) is 4.98 Å². The van der Waals surface area contributed by atoms with Crippen LogP contribution in [0.2, 0.25) is 0 Å². The Balaban J connectivity index is 2.15. The molecule has 0 spiro atoms. The summed E-state index contributed by atoms with van der Waals surface area (Å²) >= 11 is 1.43. The number of thiazole rings is 1. The standard InChI is InChI=1S/C19H21N3OS/c1-10(2)16-11(3)21-15-9-7-6-8-14(15)17(16)22-19(23)18-12(4)20-13(5)24-18/h6-10H,1-5H3,(H,21,22,23). The van der Waals surface area contributed by atoms with Gasteiger partial charge in [0.05, 0.1) is 21.9 Å². The van der Waals surface area contributed by atoms with Gasteiger partial charge in [0.15, 0.2) is 0 Å². The summed E-state index contributed by atoms with van der Waals surface area (Å²) in [6, 6.07) is 7.92. The third-order valence-corrected chi connectivity index (χ3v) is 5.12. The highest BCUT2D eigenvalue weighted by Crippen LogP contribution is 2.34. The molecule has 0 saturated carbocycles. The monoisotopic (exact) mass is 339 g/mol. The highest BCUT2D eigenvalue weighted by Gasteiger charge is 2.20. The average Bonchev–Trinajstić information content (AvgIpc) is 2.85. The van der Waals surface area contributed by atoms with Crippen LogP contribution in [0.4, 0.5) is 5.69 Å². The van der Waals surface area contributed by atoms with Crippen LogP contribution in [0.25, 0.3) is 10.9 Å². The summed E-state index contributed by atoms with van der Waals surface area (Å²) in [7, 11) is 0. The summed E-state index contributed by atoms with van der Waals surface area (Å²) in [5.41, 5.74) is 4.57.